The van der Waals surface area contributed by atoms with Gasteiger partial charge >= 0.3 is 12.1 Å². The molecule has 0 spiro atoms. The third-order valence-electron chi connectivity index (χ3n) is 5.83. The fraction of sp³-hybridized carbons (Fsp3) is 0.423. The van der Waals surface area contributed by atoms with E-state index in [2.05, 4.69) is 20.4 Å². The van der Waals surface area contributed by atoms with Gasteiger partial charge in [-0.05, 0) is 58.2 Å². The first-order valence-corrected chi connectivity index (χ1v) is 11.9. The molecule has 0 saturated carbocycles. The van der Waals surface area contributed by atoms with E-state index in [4.69, 9.17) is 9.47 Å². The van der Waals surface area contributed by atoms with Crippen LogP contribution in [0.1, 0.15) is 55.6 Å². The van der Waals surface area contributed by atoms with Gasteiger partial charge in [-0.1, -0.05) is 12.1 Å². The molecule has 3 heterocycles. The van der Waals surface area contributed by atoms with Gasteiger partial charge in [0.15, 0.2) is 0 Å². The predicted molar refractivity (Wildman–Crippen MR) is 135 cm³/mol. The van der Waals surface area contributed by atoms with E-state index < -0.39 is 5.60 Å². The Morgan fingerprint density at radius 2 is 1.89 bits per heavy atom. The third-order valence-corrected chi connectivity index (χ3v) is 5.83. The number of nitrogens with zero attached hydrogens (tertiary/aromatic N) is 5. The number of likely N-dealkylation sites (tertiary alicyclic amines) is 1. The number of anilines is 2. The fourth-order valence-corrected chi connectivity index (χ4v) is 4.07. The maximum Gasteiger partial charge on any atom is 0.410 e. The third kappa shape index (κ3) is 5.99. The van der Waals surface area contributed by atoms with Crippen molar-refractivity contribution in [3.63, 3.8) is 0 Å². The van der Waals surface area contributed by atoms with Crippen molar-refractivity contribution < 1.29 is 19.1 Å². The largest absolute Gasteiger partial charge is 0.465 e. The molecule has 190 valence electrons. The summed E-state index contributed by atoms with van der Waals surface area (Å²) in [4.78, 5) is 35.1. The van der Waals surface area contributed by atoms with Crippen molar-refractivity contribution in [2.75, 3.05) is 25.5 Å². The number of amides is 1. The Balaban J connectivity index is 1.45. The summed E-state index contributed by atoms with van der Waals surface area (Å²) in [6.07, 6.45) is 6.89. The van der Waals surface area contributed by atoms with Crippen LogP contribution < -0.4 is 5.32 Å². The molecule has 0 aliphatic carbocycles. The van der Waals surface area contributed by atoms with Crippen molar-refractivity contribution in [3.8, 4) is 11.3 Å². The minimum absolute atomic E-state index is 0.0599. The number of hydrogen-bond acceptors (Lipinski definition) is 8. The molecule has 10 heteroatoms. The maximum atomic E-state index is 12.5. The zero-order valence-corrected chi connectivity index (χ0v) is 21.3. The van der Waals surface area contributed by atoms with Crippen LogP contribution in [0.4, 0.5) is 16.4 Å². The van der Waals surface area contributed by atoms with Crippen LogP contribution in [0.25, 0.3) is 11.3 Å². The standard InChI is InChI=1S/C26H32N6O4/c1-17-13-27-24(30-22(17)18-8-10-19(11-9-18)23(33)35-5)29-20-14-28-32(15-20)21-7-6-12-31(16-21)25(34)36-26(2,3)4/h8-11,13-15,21H,6-7,12,16H2,1-5H3,(H,27,29,30). The van der Waals surface area contributed by atoms with Crippen molar-refractivity contribution in [1.29, 1.82) is 0 Å². The number of carbonyl (C=O) groups excluding carboxylic acids is 2. The lowest BCUT2D eigenvalue weighted by Gasteiger charge is -2.34. The molecule has 1 aliphatic heterocycles. The molecule has 1 amide bonds. The van der Waals surface area contributed by atoms with E-state index in [1.54, 1.807) is 29.4 Å². The van der Waals surface area contributed by atoms with E-state index in [1.165, 1.54) is 7.11 Å². The van der Waals surface area contributed by atoms with E-state index >= 15 is 0 Å². The van der Waals surface area contributed by atoms with Gasteiger partial charge in [-0.3, -0.25) is 4.68 Å². The molecule has 0 bridgehead atoms. The number of aromatic nitrogens is 4. The minimum Gasteiger partial charge on any atom is -0.465 e. The highest BCUT2D eigenvalue weighted by atomic mass is 16.6. The Morgan fingerprint density at radius 1 is 1.14 bits per heavy atom. The van der Waals surface area contributed by atoms with Gasteiger partial charge in [-0.2, -0.15) is 5.10 Å². The number of methoxy groups -OCH3 is 1. The first kappa shape index (κ1) is 25.2. The molecule has 10 nitrogen and oxygen atoms in total. The number of ether oxygens (including phenoxy) is 2. The first-order chi connectivity index (χ1) is 17.1. The number of rotatable bonds is 5. The van der Waals surface area contributed by atoms with E-state index in [9.17, 15) is 9.59 Å². The van der Waals surface area contributed by atoms with Crippen LogP contribution in [0, 0.1) is 6.92 Å². The van der Waals surface area contributed by atoms with Crippen molar-refractivity contribution >= 4 is 23.7 Å². The average Bonchev–Trinajstić information content (AvgIpc) is 3.32. The number of esters is 1. The molecule has 1 atom stereocenters. The summed E-state index contributed by atoms with van der Waals surface area (Å²) in [7, 11) is 1.36. The molecular formula is C26H32N6O4. The van der Waals surface area contributed by atoms with Crippen molar-refractivity contribution in [2.24, 2.45) is 0 Å². The van der Waals surface area contributed by atoms with Gasteiger partial charge in [0.1, 0.15) is 5.60 Å². The Labute approximate surface area is 210 Å². The second-order valence-corrected chi connectivity index (χ2v) is 9.85. The van der Waals surface area contributed by atoms with E-state index in [0.29, 0.717) is 24.6 Å². The second-order valence-electron chi connectivity index (χ2n) is 9.85. The van der Waals surface area contributed by atoms with Gasteiger partial charge in [0.25, 0.3) is 0 Å². The summed E-state index contributed by atoms with van der Waals surface area (Å²) in [5, 5.41) is 7.73. The highest BCUT2D eigenvalue weighted by Crippen LogP contribution is 2.26. The van der Waals surface area contributed by atoms with E-state index in [-0.39, 0.29) is 18.1 Å². The molecule has 0 radical (unpaired) electrons. The van der Waals surface area contributed by atoms with Gasteiger partial charge in [0.2, 0.25) is 5.95 Å². The van der Waals surface area contributed by atoms with Crippen LogP contribution in [-0.4, -0.2) is 62.5 Å². The molecule has 1 aromatic carbocycles. The summed E-state index contributed by atoms with van der Waals surface area (Å²) >= 11 is 0. The van der Waals surface area contributed by atoms with Crippen LogP contribution in [0.5, 0.6) is 0 Å². The Kier molecular flexibility index (Phi) is 7.23. The van der Waals surface area contributed by atoms with Gasteiger partial charge in [-0.15, -0.1) is 0 Å². The van der Waals surface area contributed by atoms with E-state index in [0.717, 1.165) is 35.3 Å². The summed E-state index contributed by atoms with van der Waals surface area (Å²) in [5.41, 5.74) is 3.24. The fourth-order valence-electron chi connectivity index (χ4n) is 4.07. The van der Waals surface area contributed by atoms with E-state index in [1.807, 2.05) is 50.7 Å². The van der Waals surface area contributed by atoms with Gasteiger partial charge in [-0.25, -0.2) is 19.6 Å². The Hall–Kier alpha value is -3.95. The van der Waals surface area contributed by atoms with Crippen LogP contribution in [-0.2, 0) is 9.47 Å². The molecule has 4 rings (SSSR count). The predicted octanol–water partition coefficient (Wildman–Crippen LogP) is 4.75. The van der Waals surface area contributed by atoms with Crippen LogP contribution in [0.2, 0.25) is 0 Å². The number of aryl methyl sites for hydroxylation is 1. The Bertz CT molecular complexity index is 1230. The number of nitrogens with one attached hydrogen (secondary N) is 1. The molecule has 3 aromatic rings. The zero-order valence-electron chi connectivity index (χ0n) is 21.3. The molecular weight excluding hydrogens is 460 g/mol. The highest BCUT2D eigenvalue weighted by Gasteiger charge is 2.28. The van der Waals surface area contributed by atoms with Crippen molar-refractivity contribution in [1.82, 2.24) is 24.6 Å². The maximum absolute atomic E-state index is 12.5. The lowest BCUT2D eigenvalue weighted by molar-refractivity contribution is 0.0167. The van der Waals surface area contributed by atoms with Gasteiger partial charge in [0.05, 0.1) is 36.3 Å². The topological polar surface area (TPSA) is 111 Å². The molecule has 2 aromatic heterocycles. The molecule has 1 aliphatic rings. The number of hydrogen-bond donors (Lipinski definition) is 1. The second kappa shape index (κ2) is 10.3. The van der Waals surface area contributed by atoms with Gasteiger partial charge in [0, 0.05) is 31.0 Å². The quantitative estimate of drug-likeness (QED) is 0.508. The highest BCUT2D eigenvalue weighted by molar-refractivity contribution is 5.90. The number of benzene rings is 1. The zero-order chi connectivity index (χ0) is 25.9. The Morgan fingerprint density at radius 3 is 2.58 bits per heavy atom. The van der Waals surface area contributed by atoms with Crippen LogP contribution in [0.3, 0.4) is 0 Å². The molecule has 36 heavy (non-hydrogen) atoms. The first-order valence-electron chi connectivity index (χ1n) is 11.9. The number of carbonyl (C=O) groups is 2. The smallest absolute Gasteiger partial charge is 0.410 e. The number of piperidine rings is 1. The van der Waals surface area contributed by atoms with Gasteiger partial charge < -0.3 is 19.7 Å². The summed E-state index contributed by atoms with van der Waals surface area (Å²) in [6.45, 7) is 8.77. The monoisotopic (exact) mass is 492 g/mol. The summed E-state index contributed by atoms with van der Waals surface area (Å²) in [5.74, 6) is 0.0544. The molecule has 1 saturated heterocycles. The van der Waals surface area contributed by atoms with Crippen molar-refractivity contribution in [2.45, 2.75) is 52.2 Å². The average molecular weight is 493 g/mol. The molecule has 1 fully saturated rings. The summed E-state index contributed by atoms with van der Waals surface area (Å²) in [6, 6.07) is 7.16. The molecule has 1 unspecified atom stereocenters. The lowest BCUT2D eigenvalue weighted by Crippen LogP contribution is -2.43. The molecule has 1 N–H and O–H groups in total. The minimum atomic E-state index is -0.525. The van der Waals surface area contributed by atoms with Crippen molar-refractivity contribution in [3.05, 3.63) is 54.0 Å². The van der Waals surface area contributed by atoms with Crippen LogP contribution in [0.15, 0.2) is 42.9 Å². The SMILES string of the molecule is COC(=O)c1ccc(-c2nc(Nc3cnn(C4CCCN(C(=O)OC(C)(C)C)C4)c3)ncc2C)cc1. The summed E-state index contributed by atoms with van der Waals surface area (Å²) < 4.78 is 12.2. The normalized spacial score (nSPS) is 15.9. The van der Waals surface area contributed by atoms with Crippen LogP contribution >= 0.6 is 0 Å². The lowest BCUT2D eigenvalue weighted by atomic mass is 10.1.